The first kappa shape index (κ1) is 16.1. The van der Waals surface area contributed by atoms with Crippen molar-refractivity contribution in [2.24, 2.45) is 5.92 Å². The van der Waals surface area contributed by atoms with Gasteiger partial charge in [-0.1, -0.05) is 18.2 Å². The Bertz CT molecular complexity index is 661. The summed E-state index contributed by atoms with van der Waals surface area (Å²) < 4.78 is 0. The number of amides is 1. The largest absolute Gasteiger partial charge is 0.361 e. The Labute approximate surface area is 138 Å². The molecule has 1 aliphatic rings. The van der Waals surface area contributed by atoms with Gasteiger partial charge >= 0.3 is 0 Å². The van der Waals surface area contributed by atoms with Gasteiger partial charge in [0.15, 0.2) is 0 Å². The van der Waals surface area contributed by atoms with Crippen LogP contribution in [0.3, 0.4) is 0 Å². The van der Waals surface area contributed by atoms with Crippen molar-refractivity contribution in [1.29, 1.82) is 0 Å². The molecule has 1 saturated heterocycles. The molecule has 124 valence electrons. The van der Waals surface area contributed by atoms with Crippen LogP contribution in [0.4, 0.5) is 0 Å². The number of likely N-dealkylation sites (tertiary alicyclic amines) is 1. The predicted octanol–water partition coefficient (Wildman–Crippen LogP) is 2.95. The predicted molar refractivity (Wildman–Crippen MR) is 94.4 cm³/mol. The van der Waals surface area contributed by atoms with E-state index in [9.17, 15) is 4.79 Å². The third-order valence-electron chi connectivity index (χ3n) is 4.93. The molecule has 0 radical (unpaired) electrons. The second kappa shape index (κ2) is 7.18. The van der Waals surface area contributed by atoms with Crippen LogP contribution in [0, 0.1) is 5.92 Å². The Balaban J connectivity index is 1.43. The normalized spacial score (nSPS) is 18.8. The first-order valence-electron chi connectivity index (χ1n) is 8.69. The maximum Gasteiger partial charge on any atom is 0.220 e. The fraction of sp³-hybridized carbons (Fsp3) is 0.526. The third kappa shape index (κ3) is 3.94. The highest BCUT2D eigenvalue weighted by Crippen LogP contribution is 2.19. The lowest BCUT2D eigenvalue weighted by atomic mass is 10.1. The van der Waals surface area contributed by atoms with Gasteiger partial charge < -0.3 is 15.2 Å². The number of carbonyl (C=O) groups excluding carboxylic acids is 1. The van der Waals surface area contributed by atoms with Crippen LogP contribution < -0.4 is 5.32 Å². The quantitative estimate of drug-likeness (QED) is 0.861. The highest BCUT2D eigenvalue weighted by Gasteiger charge is 2.24. The Morgan fingerprint density at radius 1 is 1.39 bits per heavy atom. The number of nitrogens with one attached hydrogen (secondary N) is 2. The fourth-order valence-corrected chi connectivity index (χ4v) is 3.43. The number of fused-ring (bicyclic) bond motifs is 1. The third-order valence-corrected chi connectivity index (χ3v) is 4.93. The van der Waals surface area contributed by atoms with E-state index < -0.39 is 0 Å². The smallest absolute Gasteiger partial charge is 0.220 e. The number of aryl methyl sites for hydroxylation is 1. The molecule has 1 fully saturated rings. The van der Waals surface area contributed by atoms with Crippen LogP contribution >= 0.6 is 0 Å². The fourth-order valence-electron chi connectivity index (χ4n) is 3.43. The molecule has 1 aliphatic heterocycles. The average Bonchev–Trinajstić information content (AvgIpc) is 3.18. The Morgan fingerprint density at radius 3 is 3.00 bits per heavy atom. The Hall–Kier alpha value is -1.81. The van der Waals surface area contributed by atoms with E-state index >= 15 is 0 Å². The van der Waals surface area contributed by atoms with Gasteiger partial charge in [0.05, 0.1) is 0 Å². The molecule has 1 aromatic heterocycles. The summed E-state index contributed by atoms with van der Waals surface area (Å²) in [6.07, 6.45) is 4.57. The first-order chi connectivity index (χ1) is 11.1. The molecule has 1 aromatic carbocycles. The molecule has 2 N–H and O–H groups in total. The number of aromatic amines is 1. The molecular weight excluding hydrogens is 286 g/mol. The van der Waals surface area contributed by atoms with Crippen LogP contribution in [0.5, 0.6) is 0 Å². The van der Waals surface area contributed by atoms with Crippen LogP contribution in [0.2, 0.25) is 0 Å². The van der Waals surface area contributed by atoms with Crippen LogP contribution in [-0.4, -0.2) is 41.5 Å². The van der Waals surface area contributed by atoms with Crippen molar-refractivity contribution < 1.29 is 4.79 Å². The SMILES string of the molecule is CC(C)N1CC[C@@H](CNC(=O)CCc2c[nH]c3ccccc23)C1. The molecule has 2 heterocycles. The molecule has 2 aromatic rings. The van der Waals surface area contributed by atoms with Crippen molar-refractivity contribution in [3.63, 3.8) is 0 Å². The van der Waals surface area contributed by atoms with Crippen LogP contribution in [0.15, 0.2) is 30.5 Å². The number of H-pyrrole nitrogens is 1. The van der Waals surface area contributed by atoms with Gasteiger partial charge in [-0.05, 0) is 50.8 Å². The number of nitrogens with zero attached hydrogens (tertiary/aromatic N) is 1. The maximum atomic E-state index is 12.1. The number of rotatable bonds is 6. The van der Waals surface area contributed by atoms with Gasteiger partial charge in [-0.15, -0.1) is 0 Å². The summed E-state index contributed by atoms with van der Waals surface area (Å²) in [4.78, 5) is 17.9. The van der Waals surface area contributed by atoms with E-state index in [0.717, 1.165) is 31.6 Å². The molecule has 23 heavy (non-hydrogen) atoms. The zero-order chi connectivity index (χ0) is 16.2. The van der Waals surface area contributed by atoms with Crippen molar-refractivity contribution in [3.8, 4) is 0 Å². The Kier molecular flexibility index (Phi) is 5.01. The van der Waals surface area contributed by atoms with Gasteiger partial charge in [-0.25, -0.2) is 0 Å². The summed E-state index contributed by atoms with van der Waals surface area (Å²) in [6.45, 7) is 7.56. The average molecular weight is 313 g/mol. The van der Waals surface area contributed by atoms with Gasteiger partial charge in [0.2, 0.25) is 5.91 Å². The molecule has 3 rings (SSSR count). The summed E-state index contributed by atoms with van der Waals surface area (Å²) >= 11 is 0. The number of aromatic nitrogens is 1. The number of para-hydroxylation sites is 1. The van der Waals surface area contributed by atoms with Gasteiger partial charge in [0.25, 0.3) is 0 Å². The first-order valence-corrected chi connectivity index (χ1v) is 8.69. The van der Waals surface area contributed by atoms with Crippen LogP contribution in [0.25, 0.3) is 10.9 Å². The van der Waals surface area contributed by atoms with Gasteiger partial charge in [-0.2, -0.15) is 0 Å². The van der Waals surface area contributed by atoms with E-state index in [2.05, 4.69) is 41.2 Å². The zero-order valence-electron chi connectivity index (χ0n) is 14.1. The topological polar surface area (TPSA) is 48.1 Å². The van der Waals surface area contributed by atoms with E-state index in [1.807, 2.05) is 18.3 Å². The summed E-state index contributed by atoms with van der Waals surface area (Å²) in [5.74, 6) is 0.771. The molecule has 0 bridgehead atoms. The molecule has 4 heteroatoms. The number of hydrogen-bond acceptors (Lipinski definition) is 2. The highest BCUT2D eigenvalue weighted by molar-refractivity contribution is 5.84. The highest BCUT2D eigenvalue weighted by atomic mass is 16.1. The van der Waals surface area contributed by atoms with Crippen molar-refractivity contribution in [2.75, 3.05) is 19.6 Å². The lowest BCUT2D eigenvalue weighted by molar-refractivity contribution is -0.121. The van der Waals surface area contributed by atoms with Crippen molar-refractivity contribution in [3.05, 3.63) is 36.0 Å². The molecule has 1 amide bonds. The van der Waals surface area contributed by atoms with Crippen LogP contribution in [-0.2, 0) is 11.2 Å². The van der Waals surface area contributed by atoms with E-state index in [0.29, 0.717) is 18.4 Å². The summed E-state index contributed by atoms with van der Waals surface area (Å²) in [5.41, 5.74) is 2.37. The molecule has 0 spiro atoms. The van der Waals surface area contributed by atoms with Crippen molar-refractivity contribution >= 4 is 16.8 Å². The summed E-state index contributed by atoms with van der Waals surface area (Å²) in [5, 5.41) is 4.34. The lowest BCUT2D eigenvalue weighted by Crippen LogP contribution is -2.33. The van der Waals surface area contributed by atoms with E-state index in [1.165, 1.54) is 17.4 Å². The number of hydrogen-bond donors (Lipinski definition) is 2. The minimum Gasteiger partial charge on any atom is -0.361 e. The second-order valence-electron chi connectivity index (χ2n) is 6.91. The minimum atomic E-state index is 0.165. The summed E-state index contributed by atoms with van der Waals surface area (Å²) in [7, 11) is 0. The van der Waals surface area contributed by atoms with Crippen molar-refractivity contribution in [1.82, 2.24) is 15.2 Å². The van der Waals surface area contributed by atoms with Crippen molar-refractivity contribution in [2.45, 2.75) is 39.2 Å². The van der Waals surface area contributed by atoms with Crippen LogP contribution in [0.1, 0.15) is 32.3 Å². The molecular formula is C19H27N3O. The number of carbonyl (C=O) groups is 1. The molecule has 0 aliphatic carbocycles. The summed E-state index contributed by atoms with van der Waals surface area (Å²) in [6, 6.07) is 8.85. The van der Waals surface area contributed by atoms with E-state index in [4.69, 9.17) is 0 Å². The molecule has 1 atom stereocenters. The van der Waals surface area contributed by atoms with E-state index in [1.54, 1.807) is 0 Å². The van der Waals surface area contributed by atoms with Gasteiger partial charge in [-0.3, -0.25) is 4.79 Å². The molecule has 0 saturated carbocycles. The standard InChI is InChI=1S/C19H27N3O/c1-14(2)22-10-9-15(13-22)11-21-19(23)8-7-16-12-20-18-6-4-3-5-17(16)18/h3-6,12,14-15,20H,7-11,13H2,1-2H3,(H,21,23)/t15-/m0/s1. The number of benzene rings is 1. The second-order valence-corrected chi connectivity index (χ2v) is 6.91. The van der Waals surface area contributed by atoms with Gasteiger partial charge in [0.1, 0.15) is 0 Å². The van der Waals surface area contributed by atoms with E-state index in [-0.39, 0.29) is 5.91 Å². The monoisotopic (exact) mass is 313 g/mol. The minimum absolute atomic E-state index is 0.165. The Morgan fingerprint density at radius 2 is 2.22 bits per heavy atom. The van der Waals surface area contributed by atoms with Gasteiger partial charge in [0, 0.05) is 42.7 Å². The zero-order valence-corrected chi connectivity index (χ0v) is 14.1. The maximum absolute atomic E-state index is 12.1. The lowest BCUT2D eigenvalue weighted by Gasteiger charge is -2.20. The molecule has 0 unspecified atom stereocenters. The molecule has 4 nitrogen and oxygen atoms in total.